The molecule has 0 heterocycles. The van der Waals surface area contributed by atoms with Crippen LogP contribution < -0.4 is 9.47 Å². The monoisotopic (exact) mass is 351 g/mol. The van der Waals surface area contributed by atoms with Gasteiger partial charge in [-0.05, 0) is 42.0 Å². The summed E-state index contributed by atoms with van der Waals surface area (Å²) in [6.45, 7) is -0.0924. The topological polar surface area (TPSA) is 62.5 Å². The van der Waals surface area contributed by atoms with Crippen LogP contribution in [-0.2, 0) is 5.60 Å². The minimum atomic E-state index is -1.48. The third-order valence-corrected chi connectivity index (χ3v) is 4.10. The van der Waals surface area contributed by atoms with E-state index in [1.165, 1.54) is 0 Å². The van der Waals surface area contributed by atoms with Gasteiger partial charge in [0.25, 0.3) is 0 Å². The van der Waals surface area contributed by atoms with Gasteiger partial charge in [-0.3, -0.25) is 0 Å². The van der Waals surface area contributed by atoms with E-state index in [1.54, 1.807) is 49.6 Å². The van der Waals surface area contributed by atoms with Crippen molar-refractivity contribution in [3.05, 3.63) is 58.1 Å². The SMILES string of the molecule is COc1ccc(OC[C@](O)(CC#N)c2ccc(Cl)c(Cl)c2)cc1. The quantitative estimate of drug-likeness (QED) is 0.847. The van der Waals surface area contributed by atoms with Crippen LogP contribution in [0.2, 0.25) is 10.0 Å². The van der Waals surface area contributed by atoms with Crippen LogP contribution in [-0.4, -0.2) is 18.8 Å². The normalized spacial score (nSPS) is 13.0. The Morgan fingerprint density at radius 3 is 2.30 bits per heavy atom. The van der Waals surface area contributed by atoms with E-state index in [9.17, 15) is 5.11 Å². The number of rotatable bonds is 6. The maximum atomic E-state index is 10.8. The van der Waals surface area contributed by atoms with Crippen molar-refractivity contribution < 1.29 is 14.6 Å². The van der Waals surface area contributed by atoms with E-state index in [-0.39, 0.29) is 13.0 Å². The molecule has 0 spiro atoms. The maximum absolute atomic E-state index is 10.8. The molecule has 120 valence electrons. The predicted molar refractivity (Wildman–Crippen MR) is 89.1 cm³/mol. The van der Waals surface area contributed by atoms with Gasteiger partial charge in [0.15, 0.2) is 0 Å². The van der Waals surface area contributed by atoms with Crippen molar-refractivity contribution in [1.29, 1.82) is 5.26 Å². The molecular weight excluding hydrogens is 337 g/mol. The predicted octanol–water partition coefficient (Wildman–Crippen LogP) is 4.18. The van der Waals surface area contributed by atoms with Crippen LogP contribution in [0, 0.1) is 11.3 Å². The number of nitrogens with zero attached hydrogens (tertiary/aromatic N) is 1. The first-order chi connectivity index (χ1) is 11.0. The van der Waals surface area contributed by atoms with E-state index in [1.807, 2.05) is 6.07 Å². The number of methoxy groups -OCH3 is 1. The van der Waals surface area contributed by atoms with Crippen molar-refractivity contribution in [3.8, 4) is 17.6 Å². The zero-order valence-corrected chi connectivity index (χ0v) is 13.9. The Labute approximate surface area is 144 Å². The van der Waals surface area contributed by atoms with Gasteiger partial charge in [0.2, 0.25) is 0 Å². The number of benzene rings is 2. The standard InChI is InChI=1S/C17H15Cl2NO3/c1-22-13-3-5-14(6-4-13)23-11-17(21,8-9-20)12-2-7-15(18)16(19)10-12/h2-7,10,21H,8,11H2,1H3/t17-/m1/s1. The third kappa shape index (κ3) is 4.29. The van der Waals surface area contributed by atoms with E-state index in [0.717, 1.165) is 0 Å². The Morgan fingerprint density at radius 2 is 1.74 bits per heavy atom. The summed E-state index contributed by atoms with van der Waals surface area (Å²) in [5.74, 6) is 1.26. The molecule has 2 aromatic carbocycles. The summed E-state index contributed by atoms with van der Waals surface area (Å²) >= 11 is 11.9. The molecule has 23 heavy (non-hydrogen) atoms. The minimum Gasteiger partial charge on any atom is -0.497 e. The highest BCUT2D eigenvalue weighted by Gasteiger charge is 2.31. The molecule has 0 unspecified atom stereocenters. The van der Waals surface area contributed by atoms with Crippen molar-refractivity contribution in [2.75, 3.05) is 13.7 Å². The molecule has 0 fully saturated rings. The summed E-state index contributed by atoms with van der Waals surface area (Å²) in [5, 5.41) is 20.5. The summed E-state index contributed by atoms with van der Waals surface area (Å²) in [4.78, 5) is 0. The number of hydrogen-bond acceptors (Lipinski definition) is 4. The van der Waals surface area contributed by atoms with Crippen LogP contribution in [0.1, 0.15) is 12.0 Å². The van der Waals surface area contributed by atoms with E-state index in [2.05, 4.69) is 0 Å². The van der Waals surface area contributed by atoms with Crippen LogP contribution >= 0.6 is 23.2 Å². The van der Waals surface area contributed by atoms with Crippen LogP contribution in [0.5, 0.6) is 11.5 Å². The highest BCUT2D eigenvalue weighted by Crippen LogP contribution is 2.31. The summed E-state index contributed by atoms with van der Waals surface area (Å²) in [6.07, 6.45) is -0.138. The van der Waals surface area contributed by atoms with Crippen LogP contribution in [0.4, 0.5) is 0 Å². The first-order valence-corrected chi connectivity index (χ1v) is 7.56. The third-order valence-electron chi connectivity index (χ3n) is 3.37. The Hall–Kier alpha value is -1.93. The zero-order chi connectivity index (χ0) is 16.9. The van der Waals surface area contributed by atoms with Crippen LogP contribution in [0.3, 0.4) is 0 Å². The number of halogens is 2. The fraction of sp³-hybridized carbons (Fsp3) is 0.235. The lowest BCUT2D eigenvalue weighted by Crippen LogP contribution is -2.32. The van der Waals surface area contributed by atoms with Crippen LogP contribution in [0.25, 0.3) is 0 Å². The molecule has 0 saturated heterocycles. The number of aliphatic hydroxyl groups is 1. The second-order valence-electron chi connectivity index (χ2n) is 4.96. The summed E-state index contributed by atoms with van der Waals surface area (Å²) < 4.78 is 10.7. The number of hydrogen-bond donors (Lipinski definition) is 1. The highest BCUT2D eigenvalue weighted by molar-refractivity contribution is 6.42. The molecule has 0 saturated carbocycles. The molecule has 2 aromatic rings. The summed E-state index contributed by atoms with van der Waals surface area (Å²) in [6, 6.07) is 13.7. The Morgan fingerprint density at radius 1 is 1.09 bits per heavy atom. The van der Waals surface area contributed by atoms with Gasteiger partial charge in [0.05, 0.1) is 29.6 Å². The average Bonchev–Trinajstić information content (AvgIpc) is 2.56. The van der Waals surface area contributed by atoms with Crippen molar-refractivity contribution in [3.63, 3.8) is 0 Å². The Bertz CT molecular complexity index is 713. The Balaban J connectivity index is 2.19. The van der Waals surface area contributed by atoms with Gasteiger partial charge in [0, 0.05) is 0 Å². The van der Waals surface area contributed by atoms with E-state index < -0.39 is 5.60 Å². The molecule has 0 aromatic heterocycles. The van der Waals surface area contributed by atoms with Gasteiger partial charge < -0.3 is 14.6 Å². The molecule has 1 atom stereocenters. The minimum absolute atomic E-state index is 0.0924. The molecule has 0 aliphatic carbocycles. The zero-order valence-electron chi connectivity index (χ0n) is 12.4. The smallest absolute Gasteiger partial charge is 0.136 e. The second kappa shape index (κ2) is 7.56. The van der Waals surface area contributed by atoms with Gasteiger partial charge in [-0.25, -0.2) is 0 Å². The molecule has 4 nitrogen and oxygen atoms in total. The van der Waals surface area contributed by atoms with Crippen molar-refractivity contribution in [2.45, 2.75) is 12.0 Å². The molecule has 0 aliphatic rings. The first-order valence-electron chi connectivity index (χ1n) is 6.80. The van der Waals surface area contributed by atoms with Gasteiger partial charge >= 0.3 is 0 Å². The fourth-order valence-corrected chi connectivity index (χ4v) is 2.33. The molecule has 0 radical (unpaired) electrons. The number of nitriles is 1. The average molecular weight is 352 g/mol. The van der Waals surface area contributed by atoms with E-state index in [4.69, 9.17) is 37.9 Å². The van der Waals surface area contributed by atoms with Gasteiger partial charge in [0.1, 0.15) is 23.7 Å². The molecular formula is C17H15Cl2NO3. The van der Waals surface area contributed by atoms with E-state index >= 15 is 0 Å². The molecule has 2 rings (SSSR count). The lowest BCUT2D eigenvalue weighted by molar-refractivity contribution is -0.00554. The molecule has 0 bridgehead atoms. The Kier molecular flexibility index (Phi) is 5.73. The van der Waals surface area contributed by atoms with Crippen molar-refractivity contribution in [1.82, 2.24) is 0 Å². The summed E-state index contributed by atoms with van der Waals surface area (Å²) in [7, 11) is 1.58. The second-order valence-corrected chi connectivity index (χ2v) is 5.77. The van der Waals surface area contributed by atoms with Gasteiger partial charge in [-0.1, -0.05) is 29.3 Å². The molecule has 6 heteroatoms. The fourth-order valence-electron chi connectivity index (χ4n) is 2.03. The van der Waals surface area contributed by atoms with Gasteiger partial charge in [-0.15, -0.1) is 0 Å². The lowest BCUT2D eigenvalue weighted by Gasteiger charge is -2.26. The first kappa shape index (κ1) is 17.4. The van der Waals surface area contributed by atoms with E-state index in [0.29, 0.717) is 27.1 Å². The van der Waals surface area contributed by atoms with Crippen LogP contribution in [0.15, 0.2) is 42.5 Å². The van der Waals surface area contributed by atoms with Gasteiger partial charge in [-0.2, -0.15) is 5.26 Å². The van der Waals surface area contributed by atoms with Crippen molar-refractivity contribution in [2.24, 2.45) is 0 Å². The summed E-state index contributed by atoms with van der Waals surface area (Å²) in [5.41, 5.74) is -1.01. The van der Waals surface area contributed by atoms with Crippen molar-refractivity contribution >= 4 is 23.2 Å². The largest absolute Gasteiger partial charge is 0.497 e. The molecule has 1 N–H and O–H groups in total. The number of ether oxygens (including phenoxy) is 2. The molecule has 0 amide bonds. The molecule has 0 aliphatic heterocycles. The lowest BCUT2D eigenvalue weighted by atomic mass is 9.92. The maximum Gasteiger partial charge on any atom is 0.136 e. The highest BCUT2D eigenvalue weighted by atomic mass is 35.5.